The molecular weight excluding hydrogens is 258 g/mol. The second-order valence-corrected chi connectivity index (χ2v) is 4.26. The number of aromatic nitrogens is 2. The lowest BCUT2D eigenvalue weighted by atomic mass is 10.1. The van der Waals surface area contributed by atoms with Gasteiger partial charge in [-0.25, -0.2) is 4.79 Å². The number of nitrogens with zero attached hydrogens (tertiary/aromatic N) is 2. The van der Waals surface area contributed by atoms with Crippen LogP contribution in [-0.4, -0.2) is 61.0 Å². The Morgan fingerprint density at radius 1 is 1.47 bits per heavy atom. The fourth-order valence-electron chi connectivity index (χ4n) is 1.96. The molecule has 0 unspecified atom stereocenters. The molecule has 1 aliphatic rings. The molecule has 1 aliphatic heterocycles. The van der Waals surface area contributed by atoms with Gasteiger partial charge in [0.2, 0.25) is 0 Å². The van der Waals surface area contributed by atoms with Crippen LogP contribution in [0.5, 0.6) is 0 Å². The van der Waals surface area contributed by atoms with Crippen LogP contribution in [0.1, 0.15) is 6.23 Å². The smallest absolute Gasteiger partial charge is 0.351 e. The molecule has 5 atom stereocenters. The van der Waals surface area contributed by atoms with E-state index in [-0.39, 0.29) is 5.82 Å². The second-order valence-electron chi connectivity index (χ2n) is 4.26. The van der Waals surface area contributed by atoms with Crippen molar-refractivity contribution in [3.05, 3.63) is 22.7 Å². The van der Waals surface area contributed by atoms with Crippen molar-refractivity contribution in [2.24, 2.45) is 0 Å². The zero-order valence-corrected chi connectivity index (χ0v) is 9.83. The van der Waals surface area contributed by atoms with Gasteiger partial charge in [-0.1, -0.05) is 0 Å². The Morgan fingerprint density at radius 2 is 2.16 bits per heavy atom. The summed E-state index contributed by atoms with van der Waals surface area (Å²) in [6, 6.07) is 1.33. The van der Waals surface area contributed by atoms with E-state index >= 15 is 0 Å². The molecule has 2 rings (SSSR count). The average molecular weight is 273 g/mol. The van der Waals surface area contributed by atoms with Crippen molar-refractivity contribution in [1.29, 1.82) is 0 Å². The molecule has 6 N–H and O–H groups in total. The van der Waals surface area contributed by atoms with Crippen molar-refractivity contribution in [2.75, 3.05) is 12.3 Å². The quantitative estimate of drug-likeness (QED) is 0.386. The van der Waals surface area contributed by atoms with Crippen LogP contribution >= 0.6 is 0 Å². The van der Waals surface area contributed by atoms with Gasteiger partial charge in [0.15, 0.2) is 6.23 Å². The van der Waals surface area contributed by atoms with Gasteiger partial charge in [-0.2, -0.15) is 4.98 Å². The van der Waals surface area contributed by atoms with Crippen LogP contribution in [0.25, 0.3) is 0 Å². The lowest BCUT2D eigenvalue weighted by Gasteiger charge is -2.18. The average Bonchev–Trinajstić information content (AvgIpc) is 2.66. The van der Waals surface area contributed by atoms with Crippen molar-refractivity contribution in [3.8, 4) is 0 Å². The normalized spacial score (nSPS) is 32.4. The van der Waals surface area contributed by atoms with Crippen LogP contribution in [0.3, 0.4) is 0 Å². The first-order valence-corrected chi connectivity index (χ1v) is 5.61. The van der Waals surface area contributed by atoms with Gasteiger partial charge >= 0.3 is 5.69 Å². The maximum absolute atomic E-state index is 11.6. The highest BCUT2D eigenvalue weighted by Crippen LogP contribution is 2.30. The van der Waals surface area contributed by atoms with Crippen LogP contribution in [0.15, 0.2) is 17.1 Å². The van der Waals surface area contributed by atoms with E-state index in [1.165, 1.54) is 12.3 Å². The number of nitrogen functional groups attached to an aromatic ring is 1. The largest absolute Gasteiger partial charge is 0.394 e. The monoisotopic (exact) mass is 273 g/mol. The molecule has 0 aromatic carbocycles. The Bertz CT molecular complexity index is 506. The van der Waals surface area contributed by atoms with Crippen molar-refractivity contribution in [2.45, 2.75) is 30.6 Å². The van der Waals surface area contributed by atoms with Gasteiger partial charge in [-0.15, -0.1) is 0 Å². The molecule has 0 bridgehead atoms. The number of hydrogen-bond donors (Lipinski definition) is 5. The van der Waals surface area contributed by atoms with E-state index in [0.29, 0.717) is 0 Å². The number of ether oxygens (including phenoxy) is 1. The summed E-state index contributed by atoms with van der Waals surface area (Å²) in [5, 5.41) is 37.8. The molecule has 0 aliphatic carbocycles. The third-order valence-electron chi connectivity index (χ3n) is 2.97. The molecule has 0 spiro atoms. The van der Waals surface area contributed by atoms with Gasteiger partial charge < -0.3 is 30.9 Å². The van der Waals surface area contributed by atoms with E-state index in [1.54, 1.807) is 0 Å². The van der Waals surface area contributed by atoms with Crippen LogP contribution in [0, 0.1) is 0 Å². The Labute approximate surface area is 107 Å². The predicted molar refractivity (Wildman–Crippen MR) is 61.9 cm³/mol. The molecule has 0 saturated carbocycles. The zero-order valence-electron chi connectivity index (χ0n) is 9.83. The molecule has 0 radical (unpaired) electrons. The third-order valence-corrected chi connectivity index (χ3v) is 2.97. The maximum atomic E-state index is 11.6. The number of nitrogens with two attached hydrogens (primary N) is 1. The number of aliphatic hydroxyl groups excluding tert-OH is 4. The van der Waals surface area contributed by atoms with Crippen LogP contribution in [0.4, 0.5) is 5.82 Å². The van der Waals surface area contributed by atoms with E-state index in [9.17, 15) is 20.1 Å². The fraction of sp³-hybridized carbons (Fsp3) is 0.600. The Hall–Kier alpha value is -1.52. The van der Waals surface area contributed by atoms with Crippen molar-refractivity contribution in [3.63, 3.8) is 0 Å². The van der Waals surface area contributed by atoms with Gasteiger partial charge in [0.25, 0.3) is 0 Å². The molecule has 1 aromatic heterocycles. The summed E-state index contributed by atoms with van der Waals surface area (Å²) in [5.74, 6) is 0.0150. The van der Waals surface area contributed by atoms with E-state index in [2.05, 4.69) is 4.98 Å². The minimum absolute atomic E-state index is 0.0150. The number of anilines is 1. The van der Waals surface area contributed by atoms with Gasteiger partial charge in [-0.05, 0) is 6.07 Å². The van der Waals surface area contributed by atoms with Gasteiger partial charge in [0, 0.05) is 6.20 Å². The fourth-order valence-corrected chi connectivity index (χ4v) is 1.96. The first-order chi connectivity index (χ1) is 8.95. The summed E-state index contributed by atoms with van der Waals surface area (Å²) in [6.45, 7) is -0.643. The minimum atomic E-state index is -1.44. The maximum Gasteiger partial charge on any atom is 0.351 e. The van der Waals surface area contributed by atoms with E-state index in [4.69, 9.17) is 15.6 Å². The third kappa shape index (κ3) is 2.46. The van der Waals surface area contributed by atoms with E-state index < -0.39 is 42.9 Å². The molecule has 19 heavy (non-hydrogen) atoms. The highest BCUT2D eigenvalue weighted by atomic mass is 16.6. The summed E-state index contributed by atoms with van der Waals surface area (Å²) in [5.41, 5.74) is 4.58. The van der Waals surface area contributed by atoms with Crippen LogP contribution in [-0.2, 0) is 4.74 Å². The van der Waals surface area contributed by atoms with Crippen molar-refractivity contribution >= 4 is 5.82 Å². The molecule has 9 heteroatoms. The molecular formula is C10H15N3O6. The molecule has 106 valence electrons. The standard InChI is InChI=1S/C10H15N3O6/c11-5-1-2-13(10(18)12-5)9-7(17)6(16)8(19-9)4(15)3-14/h1-2,4,6-9,14-17H,3H2,(H2,11,12,18)/t4-,6+,7-,8+,9-/m1/s1. The minimum Gasteiger partial charge on any atom is -0.394 e. The molecule has 1 saturated heterocycles. The molecule has 1 fully saturated rings. The Balaban J connectivity index is 2.29. The first kappa shape index (κ1) is 13.9. The van der Waals surface area contributed by atoms with E-state index in [0.717, 1.165) is 4.57 Å². The van der Waals surface area contributed by atoms with Gasteiger partial charge in [0.1, 0.15) is 30.2 Å². The zero-order chi connectivity index (χ0) is 14.2. The topological polar surface area (TPSA) is 151 Å². The lowest BCUT2D eigenvalue weighted by Crippen LogP contribution is -2.40. The summed E-state index contributed by atoms with van der Waals surface area (Å²) in [6.07, 6.45) is -5.38. The Morgan fingerprint density at radius 3 is 2.74 bits per heavy atom. The van der Waals surface area contributed by atoms with E-state index in [1.807, 2.05) is 0 Å². The summed E-state index contributed by atoms with van der Waals surface area (Å²) >= 11 is 0. The highest BCUT2D eigenvalue weighted by Gasteiger charge is 2.46. The number of rotatable bonds is 3. The molecule has 0 amide bonds. The Kier molecular flexibility index (Phi) is 3.83. The lowest BCUT2D eigenvalue weighted by molar-refractivity contribution is -0.0981. The summed E-state index contributed by atoms with van der Waals surface area (Å²) in [4.78, 5) is 15.1. The summed E-state index contributed by atoms with van der Waals surface area (Å²) < 4.78 is 6.17. The molecule has 9 nitrogen and oxygen atoms in total. The second kappa shape index (κ2) is 5.23. The summed E-state index contributed by atoms with van der Waals surface area (Å²) in [7, 11) is 0. The SMILES string of the molecule is Nc1ccn([C@@H]2O[C@@H]([C@H](O)CO)[C@@H](O)[C@H]2O)c(=O)n1. The number of hydrogen-bond acceptors (Lipinski definition) is 8. The van der Waals surface area contributed by atoms with Gasteiger partial charge in [-0.3, -0.25) is 4.57 Å². The van der Waals surface area contributed by atoms with Crippen LogP contribution in [0.2, 0.25) is 0 Å². The van der Waals surface area contributed by atoms with Crippen molar-refractivity contribution < 1.29 is 25.2 Å². The van der Waals surface area contributed by atoms with Crippen LogP contribution < -0.4 is 11.4 Å². The predicted octanol–water partition coefficient (Wildman–Crippen LogP) is -3.20. The van der Waals surface area contributed by atoms with Crippen molar-refractivity contribution in [1.82, 2.24) is 9.55 Å². The molecule has 1 aromatic rings. The van der Waals surface area contributed by atoms with Gasteiger partial charge in [0.05, 0.1) is 6.61 Å². The number of aliphatic hydroxyl groups is 4. The highest BCUT2D eigenvalue weighted by molar-refractivity contribution is 5.23. The first-order valence-electron chi connectivity index (χ1n) is 5.61. The molecule has 2 heterocycles.